The molecule has 1 aliphatic carbocycles. The summed E-state index contributed by atoms with van der Waals surface area (Å²) in [5, 5.41) is 0. The van der Waals surface area contributed by atoms with E-state index in [0.29, 0.717) is 5.92 Å². The first-order valence-corrected chi connectivity index (χ1v) is 10.9. The van der Waals surface area contributed by atoms with Gasteiger partial charge in [-0.3, -0.25) is 0 Å². The number of hydrogen-bond donors (Lipinski definition) is 0. The first-order chi connectivity index (χ1) is 11.7. The van der Waals surface area contributed by atoms with Gasteiger partial charge in [0.1, 0.15) is 0 Å². The van der Waals surface area contributed by atoms with Crippen molar-refractivity contribution in [2.24, 2.45) is 41.4 Å². The van der Waals surface area contributed by atoms with Crippen LogP contribution in [0, 0.1) is 41.4 Å². The third-order valence-electron chi connectivity index (χ3n) is 7.41. The summed E-state index contributed by atoms with van der Waals surface area (Å²) >= 11 is 0. The number of methoxy groups -OCH3 is 1. The van der Waals surface area contributed by atoms with E-state index in [2.05, 4.69) is 55.4 Å². The van der Waals surface area contributed by atoms with E-state index in [9.17, 15) is 0 Å². The van der Waals surface area contributed by atoms with E-state index in [-0.39, 0.29) is 12.2 Å². The summed E-state index contributed by atoms with van der Waals surface area (Å²) in [5.74, 6) is 5.53. The topological polar surface area (TPSA) is 18.5 Å². The lowest BCUT2D eigenvalue weighted by Crippen LogP contribution is -2.40. The molecule has 2 nitrogen and oxygen atoms in total. The third kappa shape index (κ3) is 6.54. The van der Waals surface area contributed by atoms with Gasteiger partial charge in [0.2, 0.25) is 0 Å². The second-order valence-corrected chi connectivity index (χ2v) is 9.41. The van der Waals surface area contributed by atoms with Gasteiger partial charge in [-0.2, -0.15) is 0 Å². The maximum Gasteiger partial charge on any atom is 0.0830 e. The average molecular weight is 355 g/mol. The Morgan fingerprint density at radius 1 is 1.00 bits per heavy atom. The van der Waals surface area contributed by atoms with Gasteiger partial charge in [-0.25, -0.2) is 0 Å². The molecule has 0 heterocycles. The molecule has 0 bridgehead atoms. The standard InChI is InChI=1S/C23H46O2/c1-10-11-23(24-9)20(8)25-14-21-12-17(5)22(19(7)18(21)6)13-16(4)15(2)3/h15-23H,10-14H2,1-9H3/t16-,17+,18+,19-,20?,21?,22+,23-/m1/s1. The molecule has 0 amide bonds. The van der Waals surface area contributed by atoms with Gasteiger partial charge in [-0.05, 0) is 67.6 Å². The summed E-state index contributed by atoms with van der Waals surface area (Å²) in [7, 11) is 1.81. The molecule has 1 fully saturated rings. The van der Waals surface area contributed by atoms with Crippen LogP contribution in [0.4, 0.5) is 0 Å². The molecule has 1 rings (SSSR count). The van der Waals surface area contributed by atoms with Gasteiger partial charge in [0.15, 0.2) is 0 Å². The second-order valence-electron chi connectivity index (χ2n) is 9.41. The van der Waals surface area contributed by atoms with Crippen molar-refractivity contribution in [1.29, 1.82) is 0 Å². The van der Waals surface area contributed by atoms with Gasteiger partial charge >= 0.3 is 0 Å². The minimum atomic E-state index is 0.196. The van der Waals surface area contributed by atoms with Crippen LogP contribution in [0.15, 0.2) is 0 Å². The fourth-order valence-electron chi connectivity index (χ4n) is 4.78. The zero-order valence-electron chi connectivity index (χ0n) is 18.5. The predicted octanol–water partition coefficient (Wildman–Crippen LogP) is 6.43. The van der Waals surface area contributed by atoms with E-state index in [1.165, 1.54) is 12.8 Å². The fraction of sp³-hybridized carbons (Fsp3) is 1.00. The highest BCUT2D eigenvalue weighted by Gasteiger charge is 2.39. The maximum absolute atomic E-state index is 6.28. The van der Waals surface area contributed by atoms with Crippen molar-refractivity contribution >= 4 is 0 Å². The Bertz CT molecular complexity index is 354. The molecular weight excluding hydrogens is 308 g/mol. The highest BCUT2D eigenvalue weighted by molar-refractivity contribution is 4.88. The van der Waals surface area contributed by atoms with Gasteiger partial charge in [-0.1, -0.05) is 54.9 Å². The van der Waals surface area contributed by atoms with Gasteiger partial charge in [-0.15, -0.1) is 0 Å². The number of hydrogen-bond acceptors (Lipinski definition) is 2. The Hall–Kier alpha value is -0.0800. The third-order valence-corrected chi connectivity index (χ3v) is 7.41. The molecule has 2 unspecified atom stereocenters. The van der Waals surface area contributed by atoms with E-state index in [4.69, 9.17) is 9.47 Å². The summed E-state index contributed by atoms with van der Waals surface area (Å²) in [6.07, 6.45) is 5.37. The SMILES string of the molecule is CCC[C@@H](OC)C(C)OCC1C[C@H](C)[C@H](C[C@@H](C)C(C)C)[C@H](C)[C@@H]1C. The molecule has 2 heteroatoms. The largest absolute Gasteiger partial charge is 0.379 e. The fourth-order valence-corrected chi connectivity index (χ4v) is 4.78. The molecule has 150 valence electrons. The smallest absolute Gasteiger partial charge is 0.0830 e. The van der Waals surface area contributed by atoms with E-state index >= 15 is 0 Å². The maximum atomic E-state index is 6.28. The zero-order chi connectivity index (χ0) is 19.1. The predicted molar refractivity (Wildman–Crippen MR) is 109 cm³/mol. The van der Waals surface area contributed by atoms with Crippen LogP contribution < -0.4 is 0 Å². The molecule has 0 aliphatic heterocycles. The molecule has 0 radical (unpaired) electrons. The van der Waals surface area contributed by atoms with Crippen LogP contribution >= 0.6 is 0 Å². The Kier molecular flexibility index (Phi) is 10.0. The van der Waals surface area contributed by atoms with Crippen molar-refractivity contribution < 1.29 is 9.47 Å². The molecule has 25 heavy (non-hydrogen) atoms. The Morgan fingerprint density at radius 2 is 1.64 bits per heavy atom. The van der Waals surface area contributed by atoms with Gasteiger partial charge in [0.25, 0.3) is 0 Å². The summed E-state index contributed by atoms with van der Waals surface area (Å²) in [6, 6.07) is 0. The van der Waals surface area contributed by atoms with Crippen molar-refractivity contribution in [3.05, 3.63) is 0 Å². The minimum Gasteiger partial charge on any atom is -0.379 e. The Balaban J connectivity index is 2.59. The Morgan fingerprint density at radius 3 is 2.16 bits per heavy atom. The van der Waals surface area contributed by atoms with Crippen molar-refractivity contribution in [1.82, 2.24) is 0 Å². The second kappa shape index (κ2) is 10.9. The average Bonchev–Trinajstić information content (AvgIpc) is 2.57. The minimum absolute atomic E-state index is 0.196. The van der Waals surface area contributed by atoms with Crippen LogP contribution in [-0.2, 0) is 9.47 Å². The summed E-state index contributed by atoms with van der Waals surface area (Å²) in [4.78, 5) is 0. The molecule has 1 saturated carbocycles. The van der Waals surface area contributed by atoms with Crippen molar-refractivity contribution in [3.8, 4) is 0 Å². The number of ether oxygens (including phenoxy) is 2. The molecular formula is C23H46O2. The van der Waals surface area contributed by atoms with E-state index in [0.717, 1.165) is 55.0 Å². The summed E-state index contributed by atoms with van der Waals surface area (Å²) < 4.78 is 11.9. The molecule has 8 atom stereocenters. The van der Waals surface area contributed by atoms with Crippen molar-refractivity contribution in [3.63, 3.8) is 0 Å². The summed E-state index contributed by atoms with van der Waals surface area (Å²) in [6.45, 7) is 19.9. The lowest BCUT2D eigenvalue weighted by Gasteiger charge is -2.45. The first-order valence-electron chi connectivity index (χ1n) is 10.9. The summed E-state index contributed by atoms with van der Waals surface area (Å²) in [5.41, 5.74) is 0. The van der Waals surface area contributed by atoms with Crippen LogP contribution in [0.5, 0.6) is 0 Å². The monoisotopic (exact) mass is 354 g/mol. The molecule has 0 N–H and O–H groups in total. The Labute approximate surface area is 158 Å². The van der Waals surface area contributed by atoms with Crippen LogP contribution in [0.25, 0.3) is 0 Å². The van der Waals surface area contributed by atoms with Gasteiger partial charge in [0, 0.05) is 7.11 Å². The lowest BCUT2D eigenvalue weighted by atomic mass is 9.61. The molecule has 0 saturated heterocycles. The van der Waals surface area contributed by atoms with Crippen LogP contribution in [-0.4, -0.2) is 25.9 Å². The quantitative estimate of drug-likeness (QED) is 0.450. The molecule has 0 spiro atoms. The molecule has 0 aromatic carbocycles. The highest BCUT2D eigenvalue weighted by atomic mass is 16.5. The van der Waals surface area contributed by atoms with Crippen LogP contribution in [0.3, 0.4) is 0 Å². The zero-order valence-corrected chi connectivity index (χ0v) is 18.5. The van der Waals surface area contributed by atoms with E-state index in [1.54, 1.807) is 0 Å². The van der Waals surface area contributed by atoms with Crippen molar-refractivity contribution in [2.75, 3.05) is 13.7 Å². The normalized spacial score (nSPS) is 34.1. The van der Waals surface area contributed by atoms with E-state index in [1.807, 2.05) is 7.11 Å². The van der Waals surface area contributed by atoms with Gasteiger partial charge in [0.05, 0.1) is 18.8 Å². The van der Waals surface area contributed by atoms with Crippen LogP contribution in [0.1, 0.15) is 81.1 Å². The van der Waals surface area contributed by atoms with E-state index < -0.39 is 0 Å². The molecule has 1 aliphatic rings. The first kappa shape index (κ1) is 23.0. The van der Waals surface area contributed by atoms with Gasteiger partial charge < -0.3 is 9.47 Å². The molecule has 0 aromatic rings. The van der Waals surface area contributed by atoms with Crippen molar-refractivity contribution in [2.45, 2.75) is 93.3 Å². The number of rotatable bonds is 10. The highest BCUT2D eigenvalue weighted by Crippen LogP contribution is 2.45. The molecule has 0 aromatic heterocycles. The van der Waals surface area contributed by atoms with Crippen LogP contribution in [0.2, 0.25) is 0 Å². The lowest BCUT2D eigenvalue weighted by molar-refractivity contribution is -0.0809.